The molecular formula is C21H16O2Si. The maximum atomic E-state index is 11.3. The van der Waals surface area contributed by atoms with Gasteiger partial charge in [0.1, 0.15) is 9.52 Å². The topological polar surface area (TPSA) is 37.3 Å². The first-order chi connectivity index (χ1) is 11.8. The van der Waals surface area contributed by atoms with Crippen molar-refractivity contribution >= 4 is 26.3 Å². The minimum absolute atomic E-state index is 0.331. The van der Waals surface area contributed by atoms with Gasteiger partial charge in [-0.05, 0) is 34.0 Å². The molecular weight excluding hydrogens is 312 g/mol. The average Bonchev–Trinajstić information content (AvgIpc) is 3.21. The number of carbonyl (C=O) groups is 1. The van der Waals surface area contributed by atoms with Gasteiger partial charge in [0.15, 0.2) is 0 Å². The van der Waals surface area contributed by atoms with Gasteiger partial charge in [0.25, 0.3) is 0 Å². The fraction of sp³-hybridized carbons (Fsp3) is 0. The smallest absolute Gasteiger partial charge is 0.336 e. The molecule has 0 amide bonds. The summed E-state index contributed by atoms with van der Waals surface area (Å²) in [5.74, 6) is -0.899. The summed E-state index contributed by atoms with van der Waals surface area (Å²) >= 11 is 0. The summed E-state index contributed by atoms with van der Waals surface area (Å²) in [7, 11) is 0.948. The van der Waals surface area contributed by atoms with Crippen molar-refractivity contribution in [1.29, 1.82) is 0 Å². The minimum atomic E-state index is -0.899. The first-order valence-electron chi connectivity index (χ1n) is 7.65. The molecule has 0 fully saturated rings. The Balaban J connectivity index is 0.000000290. The molecule has 0 atom stereocenters. The summed E-state index contributed by atoms with van der Waals surface area (Å²) in [6.45, 7) is 0. The number of hydrogen-bond acceptors (Lipinski definition) is 1. The third-order valence-corrected chi connectivity index (χ3v) is 4.48. The van der Waals surface area contributed by atoms with Crippen LogP contribution in [0.5, 0.6) is 0 Å². The third-order valence-electron chi connectivity index (χ3n) is 3.71. The lowest BCUT2D eigenvalue weighted by Gasteiger charge is -2.07. The molecule has 1 aliphatic rings. The van der Waals surface area contributed by atoms with E-state index in [9.17, 15) is 9.90 Å². The van der Waals surface area contributed by atoms with Gasteiger partial charge < -0.3 is 5.11 Å². The lowest BCUT2D eigenvalue weighted by Crippen LogP contribution is -1.98. The number of carboxylic acid groups (broad SMARTS) is 1. The molecule has 2 radical (unpaired) electrons. The van der Waals surface area contributed by atoms with Crippen molar-refractivity contribution in [3.63, 3.8) is 0 Å². The van der Waals surface area contributed by atoms with Gasteiger partial charge in [-0.1, -0.05) is 78.1 Å². The molecule has 0 spiro atoms. The predicted molar refractivity (Wildman–Crippen MR) is 100 cm³/mol. The van der Waals surface area contributed by atoms with Gasteiger partial charge >= 0.3 is 5.97 Å². The highest BCUT2D eigenvalue weighted by atomic mass is 28.2. The van der Waals surface area contributed by atoms with Crippen LogP contribution < -0.4 is 0 Å². The van der Waals surface area contributed by atoms with Crippen LogP contribution in [0.3, 0.4) is 0 Å². The molecule has 0 unspecified atom stereocenters. The van der Waals surface area contributed by atoms with E-state index < -0.39 is 5.97 Å². The van der Waals surface area contributed by atoms with Crippen molar-refractivity contribution in [2.24, 2.45) is 0 Å². The Hall–Kier alpha value is -2.91. The van der Waals surface area contributed by atoms with Crippen LogP contribution in [0.15, 0.2) is 90.3 Å². The molecule has 3 heteroatoms. The van der Waals surface area contributed by atoms with Crippen molar-refractivity contribution in [3.05, 3.63) is 95.8 Å². The summed E-state index contributed by atoms with van der Waals surface area (Å²) < 4.78 is 0. The van der Waals surface area contributed by atoms with Crippen LogP contribution in [0.25, 0.3) is 21.9 Å². The van der Waals surface area contributed by atoms with Crippen LogP contribution in [0.1, 0.15) is 10.4 Å². The highest BCUT2D eigenvalue weighted by Crippen LogP contribution is 2.27. The molecule has 1 heterocycles. The Morgan fingerprint density at radius 2 is 1.46 bits per heavy atom. The number of aromatic carboxylic acids is 1. The van der Waals surface area contributed by atoms with Gasteiger partial charge in [-0.2, -0.15) is 0 Å². The average molecular weight is 328 g/mol. The van der Waals surface area contributed by atoms with Crippen molar-refractivity contribution < 1.29 is 9.90 Å². The summed E-state index contributed by atoms with van der Waals surface area (Å²) in [6.07, 6.45) is 4.14. The van der Waals surface area contributed by atoms with Gasteiger partial charge in [-0.15, -0.1) is 0 Å². The first kappa shape index (κ1) is 16.0. The molecule has 0 aromatic heterocycles. The Morgan fingerprint density at radius 3 is 2.12 bits per heavy atom. The van der Waals surface area contributed by atoms with Crippen molar-refractivity contribution in [2.45, 2.75) is 0 Å². The third kappa shape index (κ3) is 3.70. The lowest BCUT2D eigenvalue weighted by atomic mass is 9.97. The second-order valence-corrected chi connectivity index (χ2v) is 6.30. The van der Waals surface area contributed by atoms with Gasteiger partial charge in [0, 0.05) is 0 Å². The van der Waals surface area contributed by atoms with Crippen LogP contribution >= 0.6 is 0 Å². The molecule has 2 nitrogen and oxygen atoms in total. The van der Waals surface area contributed by atoms with E-state index >= 15 is 0 Å². The maximum absolute atomic E-state index is 11.3. The highest BCUT2D eigenvalue weighted by molar-refractivity contribution is 6.49. The molecule has 1 aliphatic heterocycles. The predicted octanol–water partition coefficient (Wildman–Crippen LogP) is 4.94. The van der Waals surface area contributed by atoms with E-state index in [0.717, 1.165) is 31.4 Å². The number of allylic oxidation sites excluding steroid dienone is 2. The molecule has 0 aliphatic carbocycles. The molecule has 4 rings (SSSR count). The number of hydrogen-bond donors (Lipinski definition) is 1. The molecule has 116 valence electrons. The maximum Gasteiger partial charge on any atom is 0.336 e. The van der Waals surface area contributed by atoms with Gasteiger partial charge in [-0.25, -0.2) is 4.79 Å². The zero-order valence-corrected chi connectivity index (χ0v) is 14.0. The van der Waals surface area contributed by atoms with Gasteiger partial charge in [-0.3, -0.25) is 0 Å². The van der Waals surface area contributed by atoms with Gasteiger partial charge in [0.05, 0.1) is 5.56 Å². The standard InChI is InChI=1S/C17H12O2.C4H4Si/c18-17(19)16-8-4-3-7-15(16)14-10-9-12-5-1-2-6-13(12)11-14;1-2-4-5-3-1/h1-11H,(H,18,19);1-4H. The zero-order valence-electron chi connectivity index (χ0n) is 13.0. The molecule has 3 aromatic carbocycles. The van der Waals surface area contributed by atoms with Crippen molar-refractivity contribution in [1.82, 2.24) is 0 Å². The van der Waals surface area contributed by atoms with E-state index in [2.05, 4.69) is 23.6 Å². The van der Waals surface area contributed by atoms with Crippen LogP contribution in [-0.2, 0) is 0 Å². The van der Waals surface area contributed by atoms with E-state index in [1.807, 2.05) is 54.6 Å². The molecule has 0 bridgehead atoms. The van der Waals surface area contributed by atoms with Crippen molar-refractivity contribution in [3.8, 4) is 11.1 Å². The SMILES string of the molecule is C1=C[Si]C=C1.O=C(O)c1ccccc1-c1ccc2ccccc2c1. The number of benzene rings is 3. The molecule has 24 heavy (non-hydrogen) atoms. The second-order valence-electron chi connectivity index (χ2n) is 5.30. The van der Waals surface area contributed by atoms with Crippen LogP contribution in [-0.4, -0.2) is 20.6 Å². The minimum Gasteiger partial charge on any atom is -0.478 e. The molecule has 1 N–H and O–H groups in total. The number of carboxylic acids is 1. The Labute approximate surface area is 143 Å². The summed E-state index contributed by atoms with van der Waals surface area (Å²) in [4.78, 5) is 11.3. The quantitative estimate of drug-likeness (QED) is 0.677. The monoisotopic (exact) mass is 328 g/mol. The Kier molecular flexibility index (Phi) is 5.04. The van der Waals surface area contributed by atoms with Gasteiger partial charge in [0.2, 0.25) is 0 Å². The van der Waals surface area contributed by atoms with Crippen LogP contribution in [0, 0.1) is 0 Å². The summed E-state index contributed by atoms with van der Waals surface area (Å²) in [5, 5.41) is 11.5. The van der Waals surface area contributed by atoms with Crippen LogP contribution in [0.4, 0.5) is 0 Å². The highest BCUT2D eigenvalue weighted by Gasteiger charge is 2.10. The lowest BCUT2D eigenvalue weighted by molar-refractivity contribution is 0.0697. The van der Waals surface area contributed by atoms with E-state index in [1.165, 1.54) is 0 Å². The largest absolute Gasteiger partial charge is 0.478 e. The molecule has 0 saturated heterocycles. The summed E-state index contributed by atoms with van der Waals surface area (Å²) in [6, 6.07) is 21.1. The molecule has 0 saturated carbocycles. The van der Waals surface area contributed by atoms with E-state index in [4.69, 9.17) is 0 Å². The number of fused-ring (bicyclic) bond motifs is 1. The van der Waals surface area contributed by atoms with Crippen molar-refractivity contribution in [2.75, 3.05) is 0 Å². The first-order valence-corrected chi connectivity index (χ1v) is 8.80. The zero-order chi connectivity index (χ0) is 16.8. The van der Waals surface area contributed by atoms with E-state index in [1.54, 1.807) is 12.1 Å². The Bertz CT molecular complexity index is 916. The normalized spacial score (nSPS) is 12.0. The fourth-order valence-electron chi connectivity index (χ4n) is 2.56. The Morgan fingerprint density at radius 1 is 0.792 bits per heavy atom. The number of rotatable bonds is 2. The fourth-order valence-corrected chi connectivity index (χ4v) is 3.11. The van der Waals surface area contributed by atoms with Crippen LogP contribution in [0.2, 0.25) is 0 Å². The second kappa shape index (κ2) is 7.57. The molecule has 3 aromatic rings. The summed E-state index contributed by atoms with van der Waals surface area (Å²) in [5.41, 5.74) is 6.32. The van der Waals surface area contributed by atoms with E-state index in [0.29, 0.717) is 5.56 Å². The van der Waals surface area contributed by atoms with E-state index in [-0.39, 0.29) is 0 Å².